The van der Waals surface area contributed by atoms with Gasteiger partial charge in [-0.15, -0.1) is 0 Å². The summed E-state index contributed by atoms with van der Waals surface area (Å²) < 4.78 is 22.3. The Morgan fingerprint density at radius 1 is 1.17 bits per heavy atom. The first-order valence-electron chi connectivity index (χ1n) is 6.80. The number of nitrogens with one attached hydrogen (secondary N) is 1. The number of sulfonamides is 1. The second kappa shape index (κ2) is 7.05. The Kier molecular flexibility index (Phi) is 5.11. The topological polar surface area (TPSA) is 113 Å². The van der Waals surface area contributed by atoms with Crippen molar-refractivity contribution in [2.75, 3.05) is 6.54 Å². The predicted molar refractivity (Wildman–Crippen MR) is 85.0 cm³/mol. The molecule has 118 valence electrons. The summed E-state index contributed by atoms with van der Waals surface area (Å²) in [5, 5.41) is 16.6. The molecule has 23 heavy (non-hydrogen) atoms. The average molecular weight is 329 g/mol. The van der Waals surface area contributed by atoms with Gasteiger partial charge in [-0.1, -0.05) is 18.2 Å². The van der Waals surface area contributed by atoms with Gasteiger partial charge in [0.25, 0.3) is 5.91 Å². The summed E-state index contributed by atoms with van der Waals surface area (Å²) in [6, 6.07) is 14.6. The fourth-order valence-electron chi connectivity index (χ4n) is 2.00. The molecule has 0 unspecified atom stereocenters. The van der Waals surface area contributed by atoms with Crippen LogP contribution < -0.4 is 10.5 Å². The van der Waals surface area contributed by atoms with Crippen molar-refractivity contribution in [1.82, 2.24) is 5.32 Å². The van der Waals surface area contributed by atoms with Crippen LogP contribution >= 0.6 is 0 Å². The van der Waals surface area contributed by atoms with E-state index in [0.29, 0.717) is 24.1 Å². The number of hydrogen-bond donors (Lipinski definition) is 2. The Morgan fingerprint density at radius 3 is 2.48 bits per heavy atom. The lowest BCUT2D eigenvalue weighted by atomic mass is 10.1. The Hall–Kier alpha value is -2.69. The molecule has 0 heterocycles. The minimum atomic E-state index is -3.69. The highest BCUT2D eigenvalue weighted by molar-refractivity contribution is 7.89. The first kappa shape index (κ1) is 16.7. The van der Waals surface area contributed by atoms with E-state index in [1.807, 2.05) is 6.07 Å². The van der Waals surface area contributed by atoms with Crippen molar-refractivity contribution in [2.24, 2.45) is 5.14 Å². The minimum Gasteiger partial charge on any atom is -0.352 e. The zero-order valence-electron chi connectivity index (χ0n) is 12.2. The van der Waals surface area contributed by atoms with Crippen LogP contribution in [0.15, 0.2) is 53.4 Å². The molecule has 0 aromatic heterocycles. The molecule has 6 nitrogen and oxygen atoms in total. The Morgan fingerprint density at radius 2 is 1.87 bits per heavy atom. The minimum absolute atomic E-state index is 0.0543. The summed E-state index contributed by atoms with van der Waals surface area (Å²) in [6.45, 7) is 0.393. The van der Waals surface area contributed by atoms with E-state index in [4.69, 9.17) is 10.4 Å². The van der Waals surface area contributed by atoms with Crippen molar-refractivity contribution >= 4 is 15.9 Å². The number of carbonyl (C=O) groups is 1. The molecule has 2 aromatic rings. The van der Waals surface area contributed by atoms with E-state index in [-0.39, 0.29) is 10.8 Å². The largest absolute Gasteiger partial charge is 0.352 e. The quantitative estimate of drug-likeness (QED) is 0.857. The van der Waals surface area contributed by atoms with Gasteiger partial charge in [-0.05, 0) is 42.3 Å². The maximum Gasteiger partial charge on any atom is 0.251 e. The van der Waals surface area contributed by atoms with Gasteiger partial charge in [0.2, 0.25) is 10.0 Å². The average Bonchev–Trinajstić information content (AvgIpc) is 2.54. The second-order valence-electron chi connectivity index (χ2n) is 4.89. The molecule has 0 aliphatic rings. The molecule has 0 atom stereocenters. The first-order chi connectivity index (χ1) is 10.9. The van der Waals surface area contributed by atoms with Gasteiger partial charge in [0.05, 0.1) is 16.5 Å². The number of primary sulfonamides is 1. The van der Waals surface area contributed by atoms with E-state index >= 15 is 0 Å². The summed E-state index contributed by atoms with van der Waals surface area (Å²) in [5.41, 5.74) is 1.73. The third-order valence-corrected chi connectivity index (χ3v) is 4.13. The van der Waals surface area contributed by atoms with Crippen LogP contribution in [0, 0.1) is 11.3 Å². The normalized spacial score (nSPS) is 10.8. The fraction of sp³-hybridized carbons (Fsp3) is 0.125. The molecule has 0 radical (unpaired) electrons. The van der Waals surface area contributed by atoms with Crippen LogP contribution in [0.1, 0.15) is 21.5 Å². The number of carbonyl (C=O) groups excluding carboxylic acids is 1. The molecule has 3 N–H and O–H groups in total. The molecular formula is C16H15N3O3S. The highest BCUT2D eigenvalue weighted by Gasteiger charge is 2.08. The molecule has 2 aromatic carbocycles. The smallest absolute Gasteiger partial charge is 0.251 e. The van der Waals surface area contributed by atoms with E-state index < -0.39 is 10.0 Å². The molecule has 0 bridgehead atoms. The molecule has 0 saturated heterocycles. The number of nitriles is 1. The fourth-order valence-corrected chi connectivity index (χ4v) is 2.51. The van der Waals surface area contributed by atoms with E-state index in [1.165, 1.54) is 18.2 Å². The molecule has 0 aliphatic heterocycles. The van der Waals surface area contributed by atoms with E-state index in [2.05, 4.69) is 5.32 Å². The van der Waals surface area contributed by atoms with Gasteiger partial charge < -0.3 is 5.32 Å². The lowest BCUT2D eigenvalue weighted by molar-refractivity contribution is 0.0954. The molecule has 7 heteroatoms. The first-order valence-corrected chi connectivity index (χ1v) is 8.35. The third-order valence-electron chi connectivity index (χ3n) is 3.20. The van der Waals surface area contributed by atoms with Crippen LogP contribution in [0.3, 0.4) is 0 Å². The van der Waals surface area contributed by atoms with Crippen LogP contribution in [0.2, 0.25) is 0 Å². The second-order valence-corrected chi connectivity index (χ2v) is 6.45. The summed E-state index contributed by atoms with van der Waals surface area (Å²) in [6.07, 6.45) is 0.550. The van der Waals surface area contributed by atoms with Gasteiger partial charge in [-0.2, -0.15) is 5.26 Å². The number of benzene rings is 2. The van der Waals surface area contributed by atoms with Crippen LogP contribution in [0.4, 0.5) is 0 Å². The van der Waals surface area contributed by atoms with Crippen molar-refractivity contribution in [2.45, 2.75) is 11.3 Å². The van der Waals surface area contributed by atoms with Crippen molar-refractivity contribution in [1.29, 1.82) is 5.26 Å². The van der Waals surface area contributed by atoms with E-state index in [0.717, 1.165) is 5.56 Å². The zero-order chi connectivity index (χ0) is 16.9. The number of hydrogen-bond acceptors (Lipinski definition) is 4. The van der Waals surface area contributed by atoms with Gasteiger partial charge in [0.1, 0.15) is 0 Å². The maximum absolute atomic E-state index is 12.0. The Balaban J connectivity index is 1.92. The SMILES string of the molecule is N#Cc1cccc(C(=O)NCCc2ccc(S(N)(=O)=O)cc2)c1. The molecule has 0 fully saturated rings. The Bertz CT molecular complexity index is 853. The van der Waals surface area contributed by atoms with E-state index in [1.54, 1.807) is 30.3 Å². The van der Waals surface area contributed by atoms with Gasteiger partial charge in [-0.3, -0.25) is 4.79 Å². The summed E-state index contributed by atoms with van der Waals surface area (Å²) in [4.78, 5) is 12.0. The monoisotopic (exact) mass is 329 g/mol. The van der Waals surface area contributed by atoms with Gasteiger partial charge in [0.15, 0.2) is 0 Å². The van der Waals surface area contributed by atoms with Crippen molar-refractivity contribution < 1.29 is 13.2 Å². The molecule has 0 aliphatic carbocycles. The number of nitrogens with zero attached hydrogens (tertiary/aromatic N) is 1. The van der Waals surface area contributed by atoms with Crippen LogP contribution in [-0.2, 0) is 16.4 Å². The van der Waals surface area contributed by atoms with Crippen LogP contribution in [0.5, 0.6) is 0 Å². The van der Waals surface area contributed by atoms with Crippen molar-refractivity contribution in [3.63, 3.8) is 0 Å². The number of rotatable bonds is 5. The lowest BCUT2D eigenvalue weighted by Crippen LogP contribution is -2.25. The standard InChI is InChI=1S/C16H15N3O3S/c17-11-13-2-1-3-14(10-13)16(20)19-9-8-12-4-6-15(7-5-12)23(18,21)22/h1-7,10H,8-9H2,(H,19,20)(H2,18,21,22). The number of nitrogens with two attached hydrogens (primary N) is 1. The van der Waals surface area contributed by atoms with E-state index in [9.17, 15) is 13.2 Å². The molecule has 0 saturated carbocycles. The summed E-state index contributed by atoms with van der Waals surface area (Å²) in [7, 11) is -3.69. The molecular weight excluding hydrogens is 314 g/mol. The third kappa shape index (κ3) is 4.64. The highest BCUT2D eigenvalue weighted by atomic mass is 32.2. The predicted octanol–water partition coefficient (Wildman–Crippen LogP) is 1.18. The molecule has 0 spiro atoms. The van der Waals surface area contributed by atoms with Crippen LogP contribution in [0.25, 0.3) is 0 Å². The van der Waals surface area contributed by atoms with Gasteiger partial charge in [-0.25, -0.2) is 13.6 Å². The van der Waals surface area contributed by atoms with Crippen molar-refractivity contribution in [3.05, 3.63) is 65.2 Å². The Labute approximate surface area is 134 Å². The van der Waals surface area contributed by atoms with Gasteiger partial charge in [0, 0.05) is 12.1 Å². The zero-order valence-corrected chi connectivity index (χ0v) is 13.0. The highest BCUT2D eigenvalue weighted by Crippen LogP contribution is 2.09. The molecule has 2 rings (SSSR count). The van der Waals surface area contributed by atoms with Gasteiger partial charge >= 0.3 is 0 Å². The summed E-state index contributed by atoms with van der Waals surface area (Å²) >= 11 is 0. The molecule has 1 amide bonds. The lowest BCUT2D eigenvalue weighted by Gasteiger charge is -2.06. The summed E-state index contributed by atoms with van der Waals surface area (Å²) in [5.74, 6) is -0.261. The van der Waals surface area contributed by atoms with Crippen LogP contribution in [-0.4, -0.2) is 20.9 Å². The van der Waals surface area contributed by atoms with Crippen molar-refractivity contribution in [3.8, 4) is 6.07 Å². The number of amides is 1. The maximum atomic E-state index is 12.0.